The molecule has 0 spiro atoms. The fourth-order valence-corrected chi connectivity index (χ4v) is 3.70. The first-order chi connectivity index (χ1) is 14.1. The van der Waals surface area contributed by atoms with E-state index >= 15 is 0 Å². The van der Waals surface area contributed by atoms with Gasteiger partial charge in [-0.15, -0.1) is 0 Å². The number of rotatable bonds is 7. The number of nitrogens with zero attached hydrogens (tertiary/aromatic N) is 1. The Balaban J connectivity index is 2.10. The van der Waals surface area contributed by atoms with E-state index in [0.717, 1.165) is 10.4 Å². The van der Waals surface area contributed by atoms with Crippen LogP contribution in [0.1, 0.15) is 20.7 Å². The van der Waals surface area contributed by atoms with Crippen molar-refractivity contribution < 1.29 is 32.3 Å². The molecule has 0 aliphatic carbocycles. The first kappa shape index (κ1) is 23.3. The first-order valence-corrected chi connectivity index (χ1v) is 10.3. The molecule has 0 unspecified atom stereocenters. The fourth-order valence-electron chi connectivity index (χ4n) is 2.31. The van der Waals surface area contributed by atoms with Crippen LogP contribution in [0, 0.1) is 0 Å². The number of carbonyl (C=O) groups excluding carboxylic acids is 3. The molecule has 0 heterocycles. The molecule has 2 aromatic carbocycles. The van der Waals surface area contributed by atoms with Crippen molar-refractivity contribution in [2.75, 3.05) is 33.1 Å². The Morgan fingerprint density at radius 1 is 1.07 bits per heavy atom. The average molecular weight is 455 g/mol. The molecular weight excluding hydrogens is 436 g/mol. The van der Waals surface area contributed by atoms with E-state index in [2.05, 4.69) is 10.1 Å². The zero-order valence-electron chi connectivity index (χ0n) is 16.3. The second-order valence-corrected chi connectivity index (χ2v) is 8.62. The Morgan fingerprint density at radius 2 is 1.73 bits per heavy atom. The SMILES string of the molecule is COC(=O)c1ccccc1NC(=O)COC(=O)c1ccc(Cl)c(S(=O)(=O)N(C)C)c1. The summed E-state index contributed by atoms with van der Waals surface area (Å²) in [5.74, 6) is -2.26. The van der Waals surface area contributed by atoms with Gasteiger partial charge in [0, 0.05) is 14.1 Å². The van der Waals surface area contributed by atoms with Crippen molar-refractivity contribution in [2.45, 2.75) is 4.90 Å². The molecule has 0 aliphatic rings. The highest BCUT2D eigenvalue weighted by molar-refractivity contribution is 7.89. The molecule has 160 valence electrons. The molecule has 0 atom stereocenters. The minimum absolute atomic E-state index is 0.0580. The lowest BCUT2D eigenvalue weighted by molar-refractivity contribution is -0.119. The van der Waals surface area contributed by atoms with Gasteiger partial charge in [-0.25, -0.2) is 22.3 Å². The van der Waals surface area contributed by atoms with Crippen LogP contribution < -0.4 is 5.32 Å². The molecule has 2 rings (SSSR count). The molecule has 0 saturated carbocycles. The number of methoxy groups -OCH3 is 1. The third kappa shape index (κ3) is 5.35. The second kappa shape index (κ2) is 9.70. The van der Waals surface area contributed by atoms with Crippen LogP contribution in [-0.4, -0.2) is 58.4 Å². The monoisotopic (exact) mass is 454 g/mol. The number of ether oxygens (including phenoxy) is 2. The van der Waals surface area contributed by atoms with Crippen LogP contribution in [0.25, 0.3) is 0 Å². The lowest BCUT2D eigenvalue weighted by atomic mass is 10.2. The maximum atomic E-state index is 12.3. The van der Waals surface area contributed by atoms with Gasteiger partial charge in [0.25, 0.3) is 5.91 Å². The summed E-state index contributed by atoms with van der Waals surface area (Å²) in [5, 5.41) is 2.39. The molecule has 0 saturated heterocycles. The van der Waals surface area contributed by atoms with Gasteiger partial charge in [-0.2, -0.15) is 0 Å². The minimum atomic E-state index is -3.88. The summed E-state index contributed by atoms with van der Waals surface area (Å²) >= 11 is 5.94. The van der Waals surface area contributed by atoms with Gasteiger partial charge in [0.2, 0.25) is 10.0 Å². The summed E-state index contributed by atoms with van der Waals surface area (Å²) in [6.07, 6.45) is 0. The zero-order chi connectivity index (χ0) is 22.5. The predicted molar refractivity (Wildman–Crippen MR) is 109 cm³/mol. The Bertz CT molecular complexity index is 1080. The lowest BCUT2D eigenvalue weighted by Gasteiger charge is -2.14. The van der Waals surface area contributed by atoms with Crippen LogP contribution >= 0.6 is 11.6 Å². The smallest absolute Gasteiger partial charge is 0.339 e. The Kier molecular flexibility index (Phi) is 7.54. The van der Waals surface area contributed by atoms with E-state index in [-0.39, 0.29) is 26.7 Å². The lowest BCUT2D eigenvalue weighted by Crippen LogP contribution is -2.24. The highest BCUT2D eigenvalue weighted by atomic mass is 35.5. The van der Waals surface area contributed by atoms with Gasteiger partial charge in [-0.3, -0.25) is 4.79 Å². The number of amides is 1. The van der Waals surface area contributed by atoms with Crippen molar-refractivity contribution in [3.8, 4) is 0 Å². The predicted octanol–water partition coefficient (Wildman–Crippen LogP) is 2.17. The number of esters is 2. The van der Waals surface area contributed by atoms with Gasteiger partial charge in [0.15, 0.2) is 6.61 Å². The summed E-state index contributed by atoms with van der Waals surface area (Å²) < 4.78 is 35.1. The van der Waals surface area contributed by atoms with E-state index in [1.165, 1.54) is 45.5 Å². The van der Waals surface area contributed by atoms with Gasteiger partial charge >= 0.3 is 11.9 Å². The van der Waals surface area contributed by atoms with E-state index in [1.54, 1.807) is 12.1 Å². The van der Waals surface area contributed by atoms with E-state index < -0.39 is 34.5 Å². The van der Waals surface area contributed by atoms with Crippen LogP contribution in [-0.2, 0) is 24.3 Å². The van der Waals surface area contributed by atoms with Crippen LogP contribution in [0.15, 0.2) is 47.4 Å². The van der Waals surface area contributed by atoms with Gasteiger partial charge in [0.1, 0.15) is 4.90 Å². The quantitative estimate of drug-likeness (QED) is 0.636. The maximum Gasteiger partial charge on any atom is 0.339 e. The van der Waals surface area contributed by atoms with Crippen LogP contribution in [0.3, 0.4) is 0 Å². The first-order valence-electron chi connectivity index (χ1n) is 8.44. The topological polar surface area (TPSA) is 119 Å². The molecule has 30 heavy (non-hydrogen) atoms. The Hall–Kier alpha value is -2.95. The van der Waals surface area contributed by atoms with Gasteiger partial charge in [0.05, 0.1) is 28.9 Å². The molecule has 1 N–H and O–H groups in total. The third-order valence-corrected chi connectivity index (χ3v) is 6.16. The number of hydrogen-bond donors (Lipinski definition) is 1. The molecule has 0 bridgehead atoms. The average Bonchev–Trinajstić information content (AvgIpc) is 2.71. The molecular formula is C19H19ClN2O7S. The van der Waals surface area contributed by atoms with Gasteiger partial charge < -0.3 is 14.8 Å². The number of halogens is 1. The van der Waals surface area contributed by atoms with Crippen molar-refractivity contribution in [2.24, 2.45) is 0 Å². The Morgan fingerprint density at radius 3 is 2.37 bits per heavy atom. The normalized spacial score (nSPS) is 11.1. The number of hydrogen-bond acceptors (Lipinski definition) is 7. The molecule has 0 fully saturated rings. The Labute approximate surface area is 178 Å². The molecule has 11 heteroatoms. The highest BCUT2D eigenvalue weighted by Crippen LogP contribution is 2.25. The van der Waals surface area contributed by atoms with Crippen molar-refractivity contribution in [1.82, 2.24) is 4.31 Å². The van der Waals surface area contributed by atoms with Gasteiger partial charge in [-0.05, 0) is 30.3 Å². The number of carbonyl (C=O) groups is 3. The standard InChI is InChI=1S/C19H19ClN2O7S/c1-22(2)30(26,27)16-10-12(8-9-14(16)20)18(24)29-11-17(23)21-15-7-5-4-6-13(15)19(25)28-3/h4-10H,11H2,1-3H3,(H,21,23). The van der Waals surface area contributed by atoms with E-state index in [1.807, 2.05) is 0 Å². The molecule has 0 aromatic heterocycles. The number of nitrogens with one attached hydrogen (secondary N) is 1. The van der Waals surface area contributed by atoms with Crippen LogP contribution in [0.2, 0.25) is 5.02 Å². The van der Waals surface area contributed by atoms with E-state index in [9.17, 15) is 22.8 Å². The molecule has 1 amide bonds. The van der Waals surface area contributed by atoms with Crippen LogP contribution in [0.5, 0.6) is 0 Å². The van der Waals surface area contributed by atoms with Crippen LogP contribution in [0.4, 0.5) is 5.69 Å². The van der Waals surface area contributed by atoms with E-state index in [4.69, 9.17) is 16.3 Å². The maximum absolute atomic E-state index is 12.3. The van der Waals surface area contributed by atoms with Crippen molar-refractivity contribution >= 4 is 45.2 Å². The zero-order valence-corrected chi connectivity index (χ0v) is 17.9. The molecule has 0 radical (unpaired) electrons. The second-order valence-electron chi connectivity index (χ2n) is 6.09. The fraction of sp³-hybridized carbons (Fsp3) is 0.211. The largest absolute Gasteiger partial charge is 0.465 e. The summed E-state index contributed by atoms with van der Waals surface area (Å²) in [7, 11) is -0.0195. The summed E-state index contributed by atoms with van der Waals surface area (Å²) in [5.41, 5.74) is 0.231. The number of para-hydroxylation sites is 1. The van der Waals surface area contributed by atoms with Gasteiger partial charge in [-0.1, -0.05) is 23.7 Å². The molecule has 9 nitrogen and oxygen atoms in total. The minimum Gasteiger partial charge on any atom is -0.465 e. The molecule has 2 aromatic rings. The number of anilines is 1. The van der Waals surface area contributed by atoms with E-state index in [0.29, 0.717) is 0 Å². The number of benzene rings is 2. The summed E-state index contributed by atoms with van der Waals surface area (Å²) in [6.45, 7) is -0.660. The number of sulfonamides is 1. The van der Waals surface area contributed by atoms with Crippen molar-refractivity contribution in [3.63, 3.8) is 0 Å². The summed E-state index contributed by atoms with van der Waals surface area (Å²) in [4.78, 5) is 35.8. The highest BCUT2D eigenvalue weighted by Gasteiger charge is 2.23. The third-order valence-electron chi connectivity index (χ3n) is 3.87. The van der Waals surface area contributed by atoms with Crippen molar-refractivity contribution in [1.29, 1.82) is 0 Å². The van der Waals surface area contributed by atoms with Crippen molar-refractivity contribution in [3.05, 3.63) is 58.6 Å². The summed E-state index contributed by atoms with van der Waals surface area (Å²) in [6, 6.07) is 9.77. The molecule has 0 aliphatic heterocycles.